The number of nitrogens with zero attached hydrogens (tertiary/aromatic N) is 6. The Morgan fingerprint density at radius 1 is 1.10 bits per heavy atom. The van der Waals surface area contributed by atoms with Gasteiger partial charge in [0.1, 0.15) is 5.69 Å². The normalized spacial score (nSPS) is 14.1. The summed E-state index contributed by atoms with van der Waals surface area (Å²) < 4.78 is 41.0. The first kappa shape index (κ1) is 19.0. The minimum Gasteiger partial charge on any atom is -0.305 e. The van der Waals surface area contributed by atoms with Crippen LogP contribution in [0.1, 0.15) is 17.1 Å². The fraction of sp³-hybridized carbons (Fsp3) is 0.176. The molecule has 3 aromatic rings. The maximum absolute atomic E-state index is 13.2. The first-order valence-electron chi connectivity index (χ1n) is 8.29. The van der Waals surface area contributed by atoms with Crippen molar-refractivity contribution < 1.29 is 13.2 Å². The molecule has 0 unspecified atom stereocenters. The molecule has 4 rings (SSSR count). The molecule has 0 bridgehead atoms. The average molecular weight is 421 g/mol. The third-order valence-electron chi connectivity index (χ3n) is 4.40. The summed E-state index contributed by atoms with van der Waals surface area (Å²) in [6, 6.07) is 3.56. The summed E-state index contributed by atoms with van der Waals surface area (Å²) in [4.78, 5) is 9.34. The molecule has 0 saturated heterocycles. The molecule has 12 heteroatoms. The van der Waals surface area contributed by atoms with E-state index in [9.17, 15) is 13.2 Å². The number of aromatic nitrogens is 5. The number of nitrogens with one attached hydrogen (secondary N) is 2. The van der Waals surface area contributed by atoms with Gasteiger partial charge in [0, 0.05) is 31.0 Å². The van der Waals surface area contributed by atoms with Crippen molar-refractivity contribution in [3.8, 4) is 11.4 Å². The van der Waals surface area contributed by atoms with Gasteiger partial charge in [-0.05, 0) is 12.1 Å². The van der Waals surface area contributed by atoms with Crippen LogP contribution in [0.15, 0.2) is 36.8 Å². The predicted octanol–water partition coefficient (Wildman–Crippen LogP) is 3.07. The molecule has 0 aliphatic carbocycles. The van der Waals surface area contributed by atoms with E-state index >= 15 is 0 Å². The monoisotopic (exact) mass is 420 g/mol. The van der Waals surface area contributed by atoms with Crippen LogP contribution in [0.25, 0.3) is 11.4 Å². The average Bonchev–Trinajstić information content (AvgIpc) is 3.12. The van der Waals surface area contributed by atoms with E-state index in [0.29, 0.717) is 0 Å². The van der Waals surface area contributed by atoms with Crippen LogP contribution in [0.2, 0.25) is 5.02 Å². The quantitative estimate of drug-likeness (QED) is 0.489. The summed E-state index contributed by atoms with van der Waals surface area (Å²) >= 11 is 6.01. The van der Waals surface area contributed by atoms with E-state index in [0.717, 1.165) is 6.07 Å². The standard InChI is InChI=1S/C17H12ClF3N8/c18-12-9(2-1-3-10(12)17(19,20)21)15-26-27-16-14(23)28(6-7-29(15)16)13(22)11-8-24-4-5-25-11/h1-5,8,22-23H,6-7H2. The van der Waals surface area contributed by atoms with Gasteiger partial charge in [-0.25, -0.2) is 4.98 Å². The third kappa shape index (κ3) is 3.23. The van der Waals surface area contributed by atoms with Crippen LogP contribution in [-0.4, -0.2) is 47.8 Å². The third-order valence-corrected chi connectivity index (χ3v) is 4.81. The molecule has 8 nitrogen and oxygen atoms in total. The summed E-state index contributed by atoms with van der Waals surface area (Å²) in [6.45, 7) is 0.456. The largest absolute Gasteiger partial charge is 0.417 e. The van der Waals surface area contributed by atoms with Gasteiger partial charge >= 0.3 is 6.18 Å². The predicted molar refractivity (Wildman–Crippen MR) is 97.9 cm³/mol. The maximum Gasteiger partial charge on any atom is 0.417 e. The van der Waals surface area contributed by atoms with Crippen LogP contribution < -0.4 is 0 Å². The van der Waals surface area contributed by atoms with Gasteiger partial charge < -0.3 is 9.47 Å². The Morgan fingerprint density at radius 2 is 1.86 bits per heavy atom. The highest BCUT2D eigenvalue weighted by Crippen LogP contribution is 2.39. The second kappa shape index (κ2) is 6.92. The van der Waals surface area contributed by atoms with E-state index in [1.807, 2.05) is 0 Å². The zero-order valence-corrected chi connectivity index (χ0v) is 15.3. The van der Waals surface area contributed by atoms with Crippen molar-refractivity contribution in [2.75, 3.05) is 6.54 Å². The van der Waals surface area contributed by atoms with E-state index in [-0.39, 0.29) is 47.7 Å². The van der Waals surface area contributed by atoms with Gasteiger partial charge in [-0.2, -0.15) is 13.2 Å². The van der Waals surface area contributed by atoms with E-state index < -0.39 is 16.8 Å². The van der Waals surface area contributed by atoms with Gasteiger partial charge in [-0.3, -0.25) is 15.8 Å². The van der Waals surface area contributed by atoms with Crippen LogP contribution in [0.5, 0.6) is 0 Å². The van der Waals surface area contributed by atoms with Crippen molar-refractivity contribution in [1.29, 1.82) is 10.8 Å². The fourth-order valence-corrected chi connectivity index (χ4v) is 3.35. The molecule has 0 saturated carbocycles. The second-order valence-corrected chi connectivity index (χ2v) is 6.48. The first-order valence-corrected chi connectivity index (χ1v) is 8.67. The number of fused-ring (bicyclic) bond motifs is 1. The minimum atomic E-state index is -4.60. The number of rotatable bonds is 2. The smallest absolute Gasteiger partial charge is 0.305 e. The summed E-state index contributed by atoms with van der Waals surface area (Å²) in [6.07, 6.45) is -0.288. The number of hydrogen-bond acceptors (Lipinski definition) is 6. The van der Waals surface area contributed by atoms with E-state index in [4.69, 9.17) is 22.4 Å². The van der Waals surface area contributed by atoms with E-state index in [1.54, 1.807) is 0 Å². The van der Waals surface area contributed by atoms with Crippen molar-refractivity contribution in [1.82, 2.24) is 29.6 Å². The minimum absolute atomic E-state index is 0.0315. The lowest BCUT2D eigenvalue weighted by molar-refractivity contribution is -0.137. The molecule has 2 aromatic heterocycles. The summed E-state index contributed by atoms with van der Waals surface area (Å²) in [5, 5.41) is 24.1. The lowest BCUT2D eigenvalue weighted by Gasteiger charge is -2.29. The van der Waals surface area contributed by atoms with Crippen LogP contribution in [0, 0.1) is 10.8 Å². The molecule has 148 valence electrons. The van der Waals surface area contributed by atoms with Crippen molar-refractivity contribution in [2.24, 2.45) is 0 Å². The van der Waals surface area contributed by atoms with Crippen LogP contribution >= 0.6 is 11.6 Å². The lowest BCUT2D eigenvalue weighted by atomic mass is 10.1. The highest BCUT2D eigenvalue weighted by atomic mass is 35.5. The molecule has 0 fully saturated rings. The number of alkyl halides is 3. The molecule has 29 heavy (non-hydrogen) atoms. The molecule has 3 heterocycles. The summed E-state index contributed by atoms with van der Waals surface area (Å²) in [5.74, 6) is 0.102. The molecule has 0 radical (unpaired) electrons. The Balaban J connectivity index is 1.71. The zero-order chi connectivity index (χ0) is 20.8. The number of benzene rings is 1. The Kier molecular flexibility index (Phi) is 4.53. The second-order valence-electron chi connectivity index (χ2n) is 6.10. The van der Waals surface area contributed by atoms with Crippen LogP contribution in [0.4, 0.5) is 13.2 Å². The van der Waals surface area contributed by atoms with Crippen molar-refractivity contribution in [3.05, 3.63) is 58.9 Å². The molecule has 0 atom stereocenters. The molecule has 0 amide bonds. The molecule has 1 aromatic carbocycles. The van der Waals surface area contributed by atoms with E-state index in [2.05, 4.69) is 20.2 Å². The molecule has 2 N–H and O–H groups in total. The van der Waals surface area contributed by atoms with Crippen molar-refractivity contribution in [3.63, 3.8) is 0 Å². The molecule has 1 aliphatic heterocycles. The Bertz CT molecular complexity index is 1110. The number of hydrogen-bond donors (Lipinski definition) is 2. The summed E-state index contributed by atoms with van der Waals surface area (Å²) in [7, 11) is 0. The van der Waals surface area contributed by atoms with Gasteiger partial charge in [-0.15, -0.1) is 10.2 Å². The number of halogens is 4. The first-order chi connectivity index (χ1) is 13.8. The molecule has 0 spiro atoms. The highest BCUT2D eigenvalue weighted by molar-refractivity contribution is 6.34. The van der Waals surface area contributed by atoms with Gasteiger partial charge in [-0.1, -0.05) is 17.7 Å². The van der Waals surface area contributed by atoms with Crippen molar-refractivity contribution in [2.45, 2.75) is 12.7 Å². The fourth-order valence-electron chi connectivity index (χ4n) is 3.03. The Labute approximate surface area is 167 Å². The lowest BCUT2D eigenvalue weighted by Crippen LogP contribution is -2.44. The summed E-state index contributed by atoms with van der Waals surface area (Å²) in [5.41, 5.74) is -0.609. The zero-order valence-electron chi connectivity index (χ0n) is 14.6. The topological polar surface area (TPSA) is 107 Å². The number of amidine groups is 2. The molecular formula is C17H12ClF3N8. The maximum atomic E-state index is 13.2. The van der Waals surface area contributed by atoms with Crippen molar-refractivity contribution >= 4 is 23.3 Å². The SMILES string of the molecule is N=C(c1cnccn1)N1CCn2c(nnc2-c2cccc(C(F)(F)F)c2Cl)C1=N. The molecular weight excluding hydrogens is 409 g/mol. The Morgan fingerprint density at radius 3 is 2.55 bits per heavy atom. The van der Waals surface area contributed by atoms with Gasteiger partial charge in [0.05, 0.1) is 16.8 Å². The van der Waals surface area contributed by atoms with Crippen LogP contribution in [0.3, 0.4) is 0 Å². The van der Waals surface area contributed by atoms with Gasteiger partial charge in [0.15, 0.2) is 23.3 Å². The van der Waals surface area contributed by atoms with E-state index in [1.165, 1.54) is 40.2 Å². The van der Waals surface area contributed by atoms with Gasteiger partial charge in [0.25, 0.3) is 0 Å². The molecule has 1 aliphatic rings. The highest BCUT2D eigenvalue weighted by Gasteiger charge is 2.36. The van der Waals surface area contributed by atoms with Gasteiger partial charge in [0.2, 0.25) is 0 Å². The Hall–Kier alpha value is -3.34. The van der Waals surface area contributed by atoms with Crippen LogP contribution in [-0.2, 0) is 12.7 Å².